The summed E-state index contributed by atoms with van der Waals surface area (Å²) in [5.74, 6) is -0.817. The molecule has 2 fully saturated rings. The number of β-amino-alcohol motifs (C(OH)–C–C–N with tert-alkyl or cyclic N) is 1. The predicted octanol–water partition coefficient (Wildman–Crippen LogP) is 0.161. The smallest absolute Gasteiger partial charge is 0.410 e. The molecule has 0 radical (unpaired) electrons. The number of thioether (sulfide) groups is 1. The number of carbonyl (C=O) groups is 4. The molecule has 1 aromatic carbocycles. The van der Waals surface area contributed by atoms with Crippen molar-refractivity contribution in [2.24, 2.45) is 0 Å². The minimum atomic E-state index is -0.729. The Balaban J connectivity index is 1.42. The zero-order valence-electron chi connectivity index (χ0n) is 23.8. The summed E-state index contributed by atoms with van der Waals surface area (Å²) in [6.45, 7) is 6.19. The van der Waals surface area contributed by atoms with Crippen LogP contribution < -0.4 is 16.1 Å². The highest BCUT2D eigenvalue weighted by Gasteiger charge is 2.36. The van der Waals surface area contributed by atoms with E-state index in [1.165, 1.54) is 47.9 Å². The Bertz CT molecular complexity index is 1120. The molecule has 5 unspecified atom stereocenters. The van der Waals surface area contributed by atoms with Crippen LogP contribution in [0.4, 0.5) is 10.5 Å². The lowest BCUT2D eigenvalue weighted by molar-refractivity contribution is -0.384. The summed E-state index contributed by atoms with van der Waals surface area (Å²) < 4.78 is 10.6. The molecule has 0 aliphatic carbocycles. The fourth-order valence-corrected chi connectivity index (χ4v) is 5.74. The molecule has 1 aromatic rings. The van der Waals surface area contributed by atoms with E-state index >= 15 is 0 Å². The summed E-state index contributed by atoms with van der Waals surface area (Å²) in [6, 6.07) is 5.03. The molecular weight excluding hydrogens is 572 g/mol. The summed E-state index contributed by atoms with van der Waals surface area (Å²) >= 11 is 1.29. The van der Waals surface area contributed by atoms with Crippen LogP contribution >= 0.6 is 11.8 Å². The van der Waals surface area contributed by atoms with Gasteiger partial charge in [0.2, 0.25) is 5.91 Å². The summed E-state index contributed by atoms with van der Waals surface area (Å²) in [5, 5.41) is 27.9. The van der Waals surface area contributed by atoms with Gasteiger partial charge in [-0.3, -0.25) is 29.9 Å². The third kappa shape index (κ3) is 9.82. The maximum atomic E-state index is 12.7. The maximum Gasteiger partial charge on any atom is 0.410 e. The molecule has 0 saturated carbocycles. The Hall–Kier alpha value is -3.47. The molecule has 2 aliphatic rings. The lowest BCUT2D eigenvalue weighted by Gasteiger charge is -2.38. The van der Waals surface area contributed by atoms with Crippen molar-refractivity contribution in [3.63, 3.8) is 0 Å². The lowest BCUT2D eigenvalue weighted by Crippen LogP contribution is -2.63. The number of piperazine rings is 1. The Labute approximate surface area is 247 Å². The summed E-state index contributed by atoms with van der Waals surface area (Å²) in [6.07, 6.45) is -1.48. The number of nitrogens with zero attached hydrogens (tertiary/aromatic N) is 3. The molecule has 5 atom stereocenters. The Morgan fingerprint density at radius 2 is 1.95 bits per heavy atom. The van der Waals surface area contributed by atoms with E-state index < -0.39 is 40.4 Å². The van der Waals surface area contributed by atoms with Gasteiger partial charge in [-0.1, -0.05) is 0 Å². The van der Waals surface area contributed by atoms with Gasteiger partial charge in [0.1, 0.15) is 12.7 Å². The quantitative estimate of drug-likeness (QED) is 0.143. The first-order chi connectivity index (χ1) is 19.9. The number of nitrogens with one attached hydrogen (secondary N) is 3. The number of hydrogen-bond acceptors (Lipinski definition) is 12. The SMILES string of the molecule is CC(=O)OC(C)C1CNCCN1NC(=O)CNC(=O)C(C)SCC1CC(O)CN1C(=O)OCc1ccc([N+](=O)[O-])cc1. The van der Waals surface area contributed by atoms with Crippen LogP contribution in [0.2, 0.25) is 0 Å². The highest BCUT2D eigenvalue weighted by molar-refractivity contribution is 8.00. The van der Waals surface area contributed by atoms with Crippen LogP contribution in [0.25, 0.3) is 0 Å². The van der Waals surface area contributed by atoms with Crippen molar-refractivity contribution in [3.05, 3.63) is 39.9 Å². The normalized spacial score (nSPS) is 22.1. The second kappa shape index (κ2) is 15.7. The van der Waals surface area contributed by atoms with Gasteiger partial charge >= 0.3 is 12.1 Å². The average molecular weight is 611 g/mol. The number of hydrogen-bond donors (Lipinski definition) is 4. The van der Waals surface area contributed by atoms with Crippen molar-refractivity contribution in [2.75, 3.05) is 38.5 Å². The largest absolute Gasteiger partial charge is 0.461 e. The van der Waals surface area contributed by atoms with Crippen molar-refractivity contribution in [2.45, 2.75) is 63.3 Å². The van der Waals surface area contributed by atoms with E-state index in [-0.39, 0.29) is 43.4 Å². The Morgan fingerprint density at radius 3 is 2.62 bits per heavy atom. The first kappa shape index (κ1) is 33.0. The van der Waals surface area contributed by atoms with Crippen LogP contribution in [-0.2, 0) is 30.5 Å². The third-order valence-electron chi connectivity index (χ3n) is 6.91. The second-order valence-corrected chi connectivity index (χ2v) is 11.6. The molecule has 2 heterocycles. The molecule has 16 heteroatoms. The Morgan fingerprint density at radius 1 is 1.24 bits per heavy atom. The van der Waals surface area contributed by atoms with E-state index in [4.69, 9.17) is 9.47 Å². The monoisotopic (exact) mass is 610 g/mol. The van der Waals surface area contributed by atoms with Gasteiger partial charge in [0.15, 0.2) is 0 Å². The number of aliphatic hydroxyl groups excluding tert-OH is 1. The number of non-ortho nitro benzene ring substituents is 1. The number of likely N-dealkylation sites (tertiary alicyclic amines) is 1. The van der Waals surface area contributed by atoms with Gasteiger partial charge in [-0.15, -0.1) is 11.8 Å². The first-order valence-corrected chi connectivity index (χ1v) is 14.7. The van der Waals surface area contributed by atoms with Crippen molar-refractivity contribution in [1.29, 1.82) is 0 Å². The fraction of sp³-hybridized carbons (Fsp3) is 0.615. The van der Waals surface area contributed by atoms with Gasteiger partial charge in [-0.05, 0) is 38.0 Å². The summed E-state index contributed by atoms with van der Waals surface area (Å²) in [7, 11) is 0. The standard InChI is InChI=1S/C26H38N6O9S/c1-16(41-18(3)33)23-11-27-8-9-31(23)29-24(35)12-28-25(36)17(2)42-15-21-10-22(34)13-30(21)26(37)40-14-19-4-6-20(7-5-19)32(38)39/h4-7,16-17,21-23,27,34H,8-15H2,1-3H3,(H,28,36)(H,29,35). The predicted molar refractivity (Wildman–Crippen MR) is 152 cm³/mol. The molecule has 3 rings (SSSR count). The zero-order chi connectivity index (χ0) is 30.8. The fourth-order valence-electron chi connectivity index (χ4n) is 4.68. The van der Waals surface area contributed by atoms with Gasteiger partial charge in [-0.2, -0.15) is 0 Å². The number of rotatable bonds is 12. The van der Waals surface area contributed by atoms with Crippen LogP contribution in [0.3, 0.4) is 0 Å². The van der Waals surface area contributed by atoms with Crippen LogP contribution in [0, 0.1) is 10.1 Å². The van der Waals surface area contributed by atoms with Crippen molar-refractivity contribution < 1.29 is 38.7 Å². The van der Waals surface area contributed by atoms with E-state index in [1.54, 1.807) is 18.9 Å². The van der Waals surface area contributed by atoms with Crippen LogP contribution in [0.1, 0.15) is 32.8 Å². The highest BCUT2D eigenvalue weighted by atomic mass is 32.2. The molecule has 3 amide bonds. The first-order valence-electron chi connectivity index (χ1n) is 13.6. The van der Waals surface area contributed by atoms with Crippen molar-refractivity contribution in [1.82, 2.24) is 26.0 Å². The molecule has 0 bridgehead atoms. The van der Waals surface area contributed by atoms with Gasteiger partial charge in [-0.25, -0.2) is 9.80 Å². The van der Waals surface area contributed by atoms with Crippen molar-refractivity contribution >= 4 is 41.3 Å². The number of nitro groups is 1. The lowest BCUT2D eigenvalue weighted by atomic mass is 10.1. The molecule has 0 spiro atoms. The van der Waals surface area contributed by atoms with E-state index in [0.717, 1.165) is 0 Å². The van der Waals surface area contributed by atoms with Crippen LogP contribution in [-0.4, -0.2) is 112 Å². The summed E-state index contributed by atoms with van der Waals surface area (Å²) in [5.41, 5.74) is 3.29. The number of nitro benzene ring substituents is 1. The topological polar surface area (TPSA) is 193 Å². The minimum absolute atomic E-state index is 0.0670. The molecule has 0 aromatic heterocycles. The van der Waals surface area contributed by atoms with Crippen molar-refractivity contribution in [3.8, 4) is 0 Å². The third-order valence-corrected chi connectivity index (χ3v) is 8.20. The summed E-state index contributed by atoms with van der Waals surface area (Å²) in [4.78, 5) is 60.9. The number of amides is 3. The molecule has 232 valence electrons. The number of aliphatic hydroxyl groups is 1. The second-order valence-electron chi connectivity index (χ2n) is 10.2. The van der Waals surface area contributed by atoms with Gasteiger partial charge < -0.3 is 30.1 Å². The Kier molecular flexibility index (Phi) is 12.3. The number of benzene rings is 1. The molecule has 2 aliphatic heterocycles. The van der Waals surface area contributed by atoms with Gasteiger partial charge in [0.25, 0.3) is 11.6 Å². The van der Waals surface area contributed by atoms with E-state index in [0.29, 0.717) is 37.4 Å². The van der Waals surface area contributed by atoms with Gasteiger partial charge in [0.05, 0.1) is 35.4 Å². The van der Waals surface area contributed by atoms with E-state index in [1.807, 2.05) is 0 Å². The molecule has 15 nitrogen and oxygen atoms in total. The average Bonchev–Trinajstić information content (AvgIpc) is 3.33. The maximum absolute atomic E-state index is 12.7. The van der Waals surface area contributed by atoms with Crippen LogP contribution in [0.15, 0.2) is 24.3 Å². The van der Waals surface area contributed by atoms with Gasteiger partial charge in [0, 0.05) is 50.5 Å². The van der Waals surface area contributed by atoms with E-state index in [2.05, 4.69) is 16.1 Å². The number of esters is 1. The molecule has 4 N–H and O–H groups in total. The molecule has 2 saturated heterocycles. The molecule has 42 heavy (non-hydrogen) atoms. The highest BCUT2D eigenvalue weighted by Crippen LogP contribution is 2.25. The zero-order valence-corrected chi connectivity index (χ0v) is 24.6. The molecular formula is C26H38N6O9S. The minimum Gasteiger partial charge on any atom is -0.461 e. The number of ether oxygens (including phenoxy) is 2. The number of carbonyl (C=O) groups excluding carboxylic acids is 4. The van der Waals surface area contributed by atoms with Crippen LogP contribution in [0.5, 0.6) is 0 Å². The number of hydrazine groups is 1. The van der Waals surface area contributed by atoms with E-state index in [9.17, 15) is 34.4 Å².